The van der Waals surface area contributed by atoms with Crippen molar-refractivity contribution in [2.45, 2.75) is 12.5 Å². The Labute approximate surface area is 151 Å². The minimum atomic E-state index is -0.278. The van der Waals surface area contributed by atoms with Crippen LogP contribution in [0.4, 0.5) is 0 Å². The van der Waals surface area contributed by atoms with Crippen LogP contribution in [0.15, 0.2) is 42.5 Å². The molecule has 1 amide bonds. The van der Waals surface area contributed by atoms with Crippen molar-refractivity contribution in [3.05, 3.63) is 48.3 Å². The molecule has 0 saturated heterocycles. The largest absolute Gasteiger partial charge is 0.497 e. The molecule has 0 aliphatic carbocycles. The summed E-state index contributed by atoms with van der Waals surface area (Å²) < 4.78 is 5.18. The molecule has 1 atom stereocenters. The third kappa shape index (κ3) is 4.01. The van der Waals surface area contributed by atoms with Gasteiger partial charge in [0.25, 0.3) is 5.91 Å². The van der Waals surface area contributed by atoms with Gasteiger partial charge in [-0.3, -0.25) is 4.79 Å². The number of benzene rings is 2. The van der Waals surface area contributed by atoms with E-state index < -0.39 is 0 Å². The van der Waals surface area contributed by atoms with E-state index in [0.29, 0.717) is 19.5 Å². The molecular formula is C19H23N5O2. The molecule has 6 N–H and O–H groups in total. The van der Waals surface area contributed by atoms with E-state index in [4.69, 9.17) is 16.2 Å². The van der Waals surface area contributed by atoms with Gasteiger partial charge in [0.1, 0.15) is 5.75 Å². The summed E-state index contributed by atoms with van der Waals surface area (Å²) in [6.45, 7) is 0.861. The second-order valence-electron chi connectivity index (χ2n) is 6.09. The van der Waals surface area contributed by atoms with Gasteiger partial charge in [-0.15, -0.1) is 0 Å². The van der Waals surface area contributed by atoms with E-state index in [0.717, 1.165) is 27.9 Å². The zero-order chi connectivity index (χ0) is 18.5. The molecule has 1 unspecified atom stereocenters. The first-order valence-corrected chi connectivity index (χ1v) is 8.48. The molecule has 0 spiro atoms. The molecule has 0 bridgehead atoms. The molecule has 136 valence electrons. The van der Waals surface area contributed by atoms with Gasteiger partial charge in [-0.2, -0.15) is 0 Å². The Kier molecular flexibility index (Phi) is 5.50. The number of nitrogens with zero attached hydrogens (tertiary/aromatic N) is 1. The molecule has 0 saturated carbocycles. The molecule has 1 aromatic heterocycles. The summed E-state index contributed by atoms with van der Waals surface area (Å²) in [5.41, 5.74) is 14.9. The van der Waals surface area contributed by atoms with Crippen molar-refractivity contribution in [3.63, 3.8) is 0 Å². The molecule has 0 aliphatic heterocycles. The zero-order valence-electron chi connectivity index (χ0n) is 14.7. The first-order valence-electron chi connectivity index (χ1n) is 8.48. The highest BCUT2D eigenvalue weighted by Crippen LogP contribution is 2.25. The second kappa shape index (κ2) is 7.99. The maximum atomic E-state index is 12.2. The van der Waals surface area contributed by atoms with Crippen LogP contribution in [0.3, 0.4) is 0 Å². The highest BCUT2D eigenvalue weighted by atomic mass is 16.5. The van der Waals surface area contributed by atoms with Gasteiger partial charge in [0, 0.05) is 12.6 Å². The fourth-order valence-corrected chi connectivity index (χ4v) is 2.70. The van der Waals surface area contributed by atoms with Gasteiger partial charge in [0.05, 0.1) is 18.1 Å². The normalized spacial score (nSPS) is 12.1. The predicted octanol–water partition coefficient (Wildman–Crippen LogP) is 1.64. The second-order valence-corrected chi connectivity index (χ2v) is 6.09. The summed E-state index contributed by atoms with van der Waals surface area (Å²) in [6.07, 6.45) is 0.658. The summed E-state index contributed by atoms with van der Waals surface area (Å²) in [7, 11) is 1.64. The first kappa shape index (κ1) is 17.9. The summed E-state index contributed by atoms with van der Waals surface area (Å²) in [5.74, 6) is 0.801. The molecule has 0 fully saturated rings. The van der Waals surface area contributed by atoms with Gasteiger partial charge in [-0.05, 0) is 48.4 Å². The minimum Gasteiger partial charge on any atom is -0.497 e. The van der Waals surface area contributed by atoms with Crippen molar-refractivity contribution in [2.75, 3.05) is 20.2 Å². The standard InChI is InChI=1S/C19H23N5O2/c1-26-15-5-2-12(3-6-15)13-4-7-16-17(10-13)24-18(23-16)19(25)22-11-14(21)8-9-20/h2-7,10,14H,8-9,11,20-21H2,1H3,(H,22,25)(H,23,24). The highest BCUT2D eigenvalue weighted by molar-refractivity contribution is 5.94. The number of carbonyl (C=O) groups is 1. The van der Waals surface area contributed by atoms with Crippen LogP contribution >= 0.6 is 0 Å². The highest BCUT2D eigenvalue weighted by Gasteiger charge is 2.13. The van der Waals surface area contributed by atoms with Crippen LogP contribution in [0.2, 0.25) is 0 Å². The fourth-order valence-electron chi connectivity index (χ4n) is 2.70. The van der Waals surface area contributed by atoms with E-state index in [1.165, 1.54) is 0 Å². The fraction of sp³-hybridized carbons (Fsp3) is 0.263. The number of ether oxygens (including phenoxy) is 1. The molecule has 3 aromatic rings. The number of nitrogens with one attached hydrogen (secondary N) is 2. The summed E-state index contributed by atoms with van der Waals surface area (Å²) in [5, 5.41) is 2.78. The smallest absolute Gasteiger partial charge is 0.287 e. The van der Waals surface area contributed by atoms with E-state index in [1.54, 1.807) is 7.11 Å². The van der Waals surface area contributed by atoms with Crippen molar-refractivity contribution in [2.24, 2.45) is 11.5 Å². The minimum absolute atomic E-state index is 0.157. The van der Waals surface area contributed by atoms with Gasteiger partial charge < -0.3 is 26.5 Å². The van der Waals surface area contributed by atoms with E-state index in [9.17, 15) is 4.79 Å². The topological polar surface area (TPSA) is 119 Å². The van der Waals surface area contributed by atoms with Crippen molar-refractivity contribution in [3.8, 4) is 16.9 Å². The van der Waals surface area contributed by atoms with Crippen LogP contribution in [-0.4, -0.2) is 42.1 Å². The average molecular weight is 353 g/mol. The maximum absolute atomic E-state index is 12.2. The van der Waals surface area contributed by atoms with Gasteiger partial charge in [0.2, 0.25) is 0 Å². The van der Waals surface area contributed by atoms with Crippen molar-refractivity contribution < 1.29 is 9.53 Å². The quantitative estimate of drug-likeness (QED) is 0.515. The summed E-state index contributed by atoms with van der Waals surface area (Å²) >= 11 is 0. The van der Waals surface area contributed by atoms with Crippen LogP contribution in [0.1, 0.15) is 17.0 Å². The number of hydrogen-bond acceptors (Lipinski definition) is 5. The van der Waals surface area contributed by atoms with E-state index in [2.05, 4.69) is 15.3 Å². The molecule has 26 heavy (non-hydrogen) atoms. The van der Waals surface area contributed by atoms with Gasteiger partial charge in [-0.25, -0.2) is 4.98 Å². The maximum Gasteiger partial charge on any atom is 0.287 e. The van der Waals surface area contributed by atoms with Crippen molar-refractivity contribution in [1.82, 2.24) is 15.3 Å². The van der Waals surface area contributed by atoms with Crippen LogP contribution < -0.4 is 21.5 Å². The average Bonchev–Trinajstić information content (AvgIpc) is 3.10. The monoisotopic (exact) mass is 353 g/mol. The zero-order valence-corrected chi connectivity index (χ0v) is 14.7. The molecule has 7 nitrogen and oxygen atoms in total. The Morgan fingerprint density at radius 1 is 1.23 bits per heavy atom. The van der Waals surface area contributed by atoms with Crippen LogP contribution in [-0.2, 0) is 0 Å². The number of imidazole rings is 1. The molecular weight excluding hydrogens is 330 g/mol. The number of aromatic nitrogens is 2. The van der Waals surface area contributed by atoms with E-state index in [1.807, 2.05) is 42.5 Å². The Hall–Kier alpha value is -2.90. The number of nitrogens with two attached hydrogens (primary N) is 2. The lowest BCUT2D eigenvalue weighted by Gasteiger charge is -2.10. The summed E-state index contributed by atoms with van der Waals surface area (Å²) in [6, 6.07) is 13.5. The number of rotatable bonds is 7. The third-order valence-corrected chi connectivity index (χ3v) is 4.18. The van der Waals surface area contributed by atoms with Crippen LogP contribution in [0.25, 0.3) is 22.2 Å². The predicted molar refractivity (Wildman–Crippen MR) is 102 cm³/mol. The number of hydrogen-bond donors (Lipinski definition) is 4. The Morgan fingerprint density at radius 2 is 1.96 bits per heavy atom. The van der Waals surface area contributed by atoms with Crippen LogP contribution in [0.5, 0.6) is 5.75 Å². The van der Waals surface area contributed by atoms with E-state index >= 15 is 0 Å². The van der Waals surface area contributed by atoms with Crippen LogP contribution in [0, 0.1) is 0 Å². The number of H-pyrrole nitrogens is 1. The number of fused-ring (bicyclic) bond motifs is 1. The lowest BCUT2D eigenvalue weighted by molar-refractivity contribution is 0.0941. The van der Waals surface area contributed by atoms with Gasteiger partial charge in [-0.1, -0.05) is 18.2 Å². The molecule has 3 rings (SSSR count). The molecule has 0 radical (unpaired) electrons. The lowest BCUT2D eigenvalue weighted by Crippen LogP contribution is -2.38. The summed E-state index contributed by atoms with van der Waals surface area (Å²) in [4.78, 5) is 19.7. The number of amides is 1. The van der Waals surface area contributed by atoms with Crippen molar-refractivity contribution >= 4 is 16.9 Å². The van der Waals surface area contributed by atoms with Crippen molar-refractivity contribution in [1.29, 1.82) is 0 Å². The third-order valence-electron chi connectivity index (χ3n) is 4.18. The molecule has 2 aromatic carbocycles. The van der Waals surface area contributed by atoms with Gasteiger partial charge >= 0.3 is 0 Å². The number of methoxy groups -OCH3 is 1. The van der Waals surface area contributed by atoms with E-state index in [-0.39, 0.29) is 17.8 Å². The number of carbonyl (C=O) groups excluding carboxylic acids is 1. The molecule has 0 aliphatic rings. The first-order chi connectivity index (χ1) is 12.6. The Balaban J connectivity index is 1.77. The SMILES string of the molecule is COc1ccc(-c2ccc3nc(C(=O)NCC(N)CCN)[nH]c3c2)cc1. The molecule has 7 heteroatoms. The van der Waals surface area contributed by atoms with Gasteiger partial charge in [0.15, 0.2) is 5.82 Å². The Morgan fingerprint density at radius 3 is 2.65 bits per heavy atom. The lowest BCUT2D eigenvalue weighted by atomic mass is 10.1. The number of aromatic amines is 1. The Bertz CT molecular complexity index is 889. The molecule has 1 heterocycles.